The molecule has 2 heterocycles. The second kappa shape index (κ2) is 10.0. The van der Waals surface area contributed by atoms with E-state index in [1.165, 1.54) is 42.4 Å². The molecule has 0 unspecified atom stereocenters. The summed E-state index contributed by atoms with van der Waals surface area (Å²) in [6.45, 7) is 3.23. The Balaban J connectivity index is 1.41. The van der Waals surface area contributed by atoms with Gasteiger partial charge in [-0.25, -0.2) is 0 Å². The van der Waals surface area contributed by atoms with Crippen LogP contribution in [-0.2, 0) is 22.4 Å². The van der Waals surface area contributed by atoms with Crippen molar-refractivity contribution in [3.63, 3.8) is 0 Å². The van der Waals surface area contributed by atoms with Crippen molar-refractivity contribution in [2.24, 2.45) is 11.0 Å². The number of aromatic hydroxyl groups is 1. The quantitative estimate of drug-likeness (QED) is 0.296. The van der Waals surface area contributed by atoms with Gasteiger partial charge in [-0.1, -0.05) is 12.1 Å². The summed E-state index contributed by atoms with van der Waals surface area (Å²) in [5, 5.41) is 17.8. The number of thiocarbonyl (C=S) groups is 1. The summed E-state index contributed by atoms with van der Waals surface area (Å²) in [6.07, 6.45) is 6.18. The van der Waals surface area contributed by atoms with Gasteiger partial charge in [0.1, 0.15) is 5.75 Å². The van der Waals surface area contributed by atoms with Crippen LogP contribution in [0.1, 0.15) is 49.3 Å². The summed E-state index contributed by atoms with van der Waals surface area (Å²) < 4.78 is 4.84. The number of aryl methyl sites for hydroxylation is 2. The third-order valence-electron chi connectivity index (χ3n) is 6.40. The Morgan fingerprint density at radius 1 is 1.25 bits per heavy atom. The van der Waals surface area contributed by atoms with E-state index in [1.807, 2.05) is 17.2 Å². The summed E-state index contributed by atoms with van der Waals surface area (Å²) >= 11 is 7.01. The summed E-state index contributed by atoms with van der Waals surface area (Å²) in [7, 11) is 1.43. The Bertz CT molecular complexity index is 1040. The van der Waals surface area contributed by atoms with Gasteiger partial charge in [0, 0.05) is 18.5 Å². The van der Waals surface area contributed by atoms with E-state index in [9.17, 15) is 9.90 Å². The number of carbonyl (C=O) groups is 1. The van der Waals surface area contributed by atoms with Crippen LogP contribution >= 0.6 is 23.6 Å². The highest BCUT2D eigenvalue weighted by molar-refractivity contribution is 7.80. The maximum absolute atomic E-state index is 11.7. The van der Waals surface area contributed by atoms with Crippen molar-refractivity contribution < 1.29 is 14.6 Å². The molecule has 6 nitrogen and oxygen atoms in total. The molecule has 32 heavy (non-hydrogen) atoms. The molecule has 1 aromatic heterocycles. The van der Waals surface area contributed by atoms with Crippen LogP contribution in [0, 0.1) is 5.92 Å². The summed E-state index contributed by atoms with van der Waals surface area (Å²) in [5.41, 5.74) is 8.23. The predicted molar refractivity (Wildman–Crippen MR) is 132 cm³/mol. The Labute approximate surface area is 198 Å². The van der Waals surface area contributed by atoms with Crippen LogP contribution in [0.4, 0.5) is 0 Å². The average molecular weight is 472 g/mol. The minimum atomic E-state index is -0.153. The fourth-order valence-electron chi connectivity index (χ4n) is 4.44. The standard InChI is InChI=1S/C24H29N3O3S2/c1-15(25-26-24(31)27-11-9-17(10-12-27)23(29)30-2)20-14-32-22(21(20)28)19-8-7-16-5-3-4-6-18(16)13-19/h7-8,13-14,17,28H,3-6,9-12H2,1-2H3,(H,26,31)/b25-15+. The third kappa shape index (κ3) is 4.81. The van der Waals surface area contributed by atoms with Gasteiger partial charge in [-0.15, -0.1) is 11.3 Å². The Morgan fingerprint density at radius 2 is 1.97 bits per heavy atom. The Hall–Kier alpha value is -2.45. The molecule has 8 heteroatoms. The molecule has 0 radical (unpaired) electrons. The van der Waals surface area contributed by atoms with E-state index in [-0.39, 0.29) is 17.6 Å². The van der Waals surface area contributed by atoms with Crippen molar-refractivity contribution in [2.45, 2.75) is 45.4 Å². The number of hydrogen-bond donors (Lipinski definition) is 2. The van der Waals surface area contributed by atoms with E-state index in [0.717, 1.165) is 23.3 Å². The zero-order valence-corrected chi connectivity index (χ0v) is 20.2. The monoisotopic (exact) mass is 471 g/mol. The number of hydrogen-bond acceptors (Lipinski definition) is 6. The lowest BCUT2D eigenvalue weighted by molar-refractivity contribution is -0.146. The molecule has 2 aliphatic rings. The average Bonchev–Trinajstić information content (AvgIpc) is 3.22. The number of likely N-dealkylation sites (tertiary alicyclic amines) is 1. The van der Waals surface area contributed by atoms with Gasteiger partial charge in [0.05, 0.1) is 29.2 Å². The number of carbonyl (C=O) groups excluding carboxylic acids is 1. The van der Waals surface area contributed by atoms with Crippen molar-refractivity contribution in [1.29, 1.82) is 0 Å². The van der Waals surface area contributed by atoms with E-state index in [2.05, 4.69) is 28.7 Å². The predicted octanol–water partition coefficient (Wildman–Crippen LogP) is 4.48. The molecular formula is C24H29N3O3S2. The first kappa shape index (κ1) is 22.7. The summed E-state index contributed by atoms with van der Waals surface area (Å²) in [6, 6.07) is 6.53. The van der Waals surface area contributed by atoms with Crippen LogP contribution in [0.3, 0.4) is 0 Å². The number of methoxy groups -OCH3 is 1. The van der Waals surface area contributed by atoms with Crippen LogP contribution in [-0.4, -0.2) is 47.0 Å². The van der Waals surface area contributed by atoms with Gasteiger partial charge < -0.3 is 14.7 Å². The van der Waals surface area contributed by atoms with Crippen molar-refractivity contribution in [3.05, 3.63) is 40.3 Å². The first-order chi connectivity index (χ1) is 15.5. The van der Waals surface area contributed by atoms with Crippen molar-refractivity contribution in [3.8, 4) is 16.2 Å². The van der Waals surface area contributed by atoms with E-state index >= 15 is 0 Å². The maximum atomic E-state index is 11.7. The molecule has 4 rings (SSSR count). The SMILES string of the molecule is COC(=O)C1CCN(C(=S)N/N=C(\C)c2csc(-c3ccc4c(c3)CCCC4)c2O)CC1. The number of hydrazone groups is 1. The molecule has 0 bridgehead atoms. The number of benzene rings is 1. The number of rotatable bonds is 4. The van der Waals surface area contributed by atoms with Crippen LogP contribution in [0.15, 0.2) is 28.7 Å². The molecule has 0 amide bonds. The lowest BCUT2D eigenvalue weighted by Crippen LogP contribution is -2.44. The van der Waals surface area contributed by atoms with E-state index in [1.54, 1.807) is 0 Å². The fourth-order valence-corrected chi connectivity index (χ4v) is 5.67. The summed E-state index contributed by atoms with van der Waals surface area (Å²) in [5.74, 6) is 0.0488. The zero-order valence-electron chi connectivity index (χ0n) is 18.5. The number of thiophene rings is 1. The highest BCUT2D eigenvalue weighted by Crippen LogP contribution is 2.40. The van der Waals surface area contributed by atoms with Crippen LogP contribution in [0.2, 0.25) is 0 Å². The largest absolute Gasteiger partial charge is 0.506 e. The molecule has 2 N–H and O–H groups in total. The van der Waals surface area contributed by atoms with Gasteiger partial charge in [-0.2, -0.15) is 5.10 Å². The fraction of sp³-hybridized carbons (Fsp3) is 0.458. The number of fused-ring (bicyclic) bond motifs is 1. The molecule has 0 spiro atoms. The summed E-state index contributed by atoms with van der Waals surface area (Å²) in [4.78, 5) is 14.6. The van der Waals surface area contributed by atoms with Gasteiger partial charge in [-0.3, -0.25) is 10.2 Å². The molecule has 170 valence electrons. The van der Waals surface area contributed by atoms with Gasteiger partial charge in [0.15, 0.2) is 5.11 Å². The molecule has 0 saturated carbocycles. The van der Waals surface area contributed by atoms with E-state index < -0.39 is 0 Å². The molecule has 1 aliphatic carbocycles. The highest BCUT2D eigenvalue weighted by atomic mass is 32.1. The number of nitrogens with zero attached hydrogens (tertiary/aromatic N) is 2. The number of ether oxygens (including phenoxy) is 1. The Kier molecular flexibility index (Phi) is 7.10. The van der Waals surface area contributed by atoms with Crippen molar-refractivity contribution >= 4 is 40.3 Å². The highest BCUT2D eigenvalue weighted by Gasteiger charge is 2.26. The van der Waals surface area contributed by atoms with Crippen LogP contribution in [0.5, 0.6) is 5.75 Å². The number of nitrogens with one attached hydrogen (secondary N) is 1. The topological polar surface area (TPSA) is 74.2 Å². The molecule has 1 aromatic carbocycles. The van der Waals surface area contributed by atoms with Crippen LogP contribution in [0.25, 0.3) is 10.4 Å². The zero-order chi connectivity index (χ0) is 22.7. The molecule has 2 aromatic rings. The molecular weight excluding hydrogens is 442 g/mol. The molecule has 0 atom stereocenters. The first-order valence-electron chi connectivity index (χ1n) is 11.1. The van der Waals surface area contributed by atoms with Gasteiger partial charge >= 0.3 is 5.97 Å². The first-order valence-corrected chi connectivity index (χ1v) is 12.4. The van der Waals surface area contributed by atoms with E-state index in [4.69, 9.17) is 17.0 Å². The van der Waals surface area contributed by atoms with Crippen molar-refractivity contribution in [1.82, 2.24) is 10.3 Å². The molecule has 1 aliphatic heterocycles. The lowest BCUT2D eigenvalue weighted by Gasteiger charge is -2.31. The lowest BCUT2D eigenvalue weighted by atomic mass is 9.90. The number of esters is 1. The van der Waals surface area contributed by atoms with Crippen molar-refractivity contribution in [2.75, 3.05) is 20.2 Å². The maximum Gasteiger partial charge on any atom is 0.308 e. The van der Waals surface area contributed by atoms with Gasteiger partial charge in [0.2, 0.25) is 0 Å². The van der Waals surface area contributed by atoms with Crippen LogP contribution < -0.4 is 5.43 Å². The molecule has 1 fully saturated rings. The smallest absolute Gasteiger partial charge is 0.308 e. The normalized spacial score (nSPS) is 17.1. The third-order valence-corrected chi connectivity index (χ3v) is 7.77. The van der Waals surface area contributed by atoms with Gasteiger partial charge in [0.25, 0.3) is 0 Å². The molecule has 1 saturated heterocycles. The minimum absolute atomic E-state index is 0.0611. The Morgan fingerprint density at radius 3 is 2.69 bits per heavy atom. The van der Waals surface area contributed by atoms with Gasteiger partial charge in [-0.05, 0) is 80.4 Å². The number of piperidine rings is 1. The van der Waals surface area contributed by atoms with E-state index in [0.29, 0.717) is 42.3 Å². The second-order valence-electron chi connectivity index (χ2n) is 8.42. The minimum Gasteiger partial charge on any atom is -0.506 e. The second-order valence-corrected chi connectivity index (χ2v) is 9.68.